The first-order valence-electron chi connectivity index (χ1n) is 26.4. The van der Waals surface area contributed by atoms with Crippen LogP contribution in [0.2, 0.25) is 5.02 Å². The number of ether oxygens (including phenoxy) is 2. The van der Waals surface area contributed by atoms with Gasteiger partial charge in [-0.25, -0.2) is 4.79 Å². The fourth-order valence-electron chi connectivity index (χ4n) is 16.3. The highest BCUT2D eigenvalue weighted by molar-refractivity contribution is 6.30. The molecular weight excluding hydrogens is 870 g/mol. The Morgan fingerprint density at radius 3 is 2.15 bits per heavy atom. The Morgan fingerprint density at radius 2 is 1.47 bits per heavy atom. The second-order valence-corrected chi connectivity index (χ2v) is 25.3. The number of hydrogen-bond donors (Lipinski definition) is 1. The van der Waals surface area contributed by atoms with E-state index in [1.807, 2.05) is 73.3 Å². The number of carbonyl (C=O) groups excluding carboxylic acids is 4. The Labute approximate surface area is 412 Å². The maximum Gasteiger partial charge on any atom is 0.318 e. The van der Waals surface area contributed by atoms with Crippen LogP contribution >= 0.6 is 11.6 Å². The first kappa shape index (κ1) is 49.3. The number of urea groups is 1. The predicted molar refractivity (Wildman–Crippen MR) is 267 cm³/mol. The summed E-state index contributed by atoms with van der Waals surface area (Å²) < 4.78 is 12.3. The molecule has 2 amide bonds. The number of esters is 2. The number of halogens is 1. The highest BCUT2D eigenvalue weighted by Crippen LogP contribution is 2.76. The summed E-state index contributed by atoms with van der Waals surface area (Å²) in [6, 6.07) is 17.5. The highest BCUT2D eigenvalue weighted by Gasteiger charge is 2.71. The molecule has 1 heterocycles. The number of Topliss-reactive ketones (excluding diaryl/α,β-unsaturated/α-hetero) is 1. The Balaban J connectivity index is 0.913. The van der Waals surface area contributed by atoms with Crippen molar-refractivity contribution in [3.05, 3.63) is 81.9 Å². The summed E-state index contributed by atoms with van der Waals surface area (Å²) in [6.45, 7) is 25.1. The number of ketones is 1. The molecule has 7 aliphatic rings. The molecule has 9 rings (SSSR count). The lowest BCUT2D eigenvalue weighted by Gasteiger charge is -2.72. The summed E-state index contributed by atoms with van der Waals surface area (Å²) in [5.74, 6) is 0.238. The van der Waals surface area contributed by atoms with Crippen molar-refractivity contribution in [3.63, 3.8) is 0 Å². The van der Waals surface area contributed by atoms with Crippen molar-refractivity contribution in [2.75, 3.05) is 26.2 Å². The Hall–Kier alpha value is -3.69. The Kier molecular flexibility index (Phi) is 13.2. The monoisotopic (exact) mass is 950 g/mol. The van der Waals surface area contributed by atoms with E-state index in [4.69, 9.17) is 21.1 Å². The molecule has 2 aromatic rings. The van der Waals surface area contributed by atoms with Crippen molar-refractivity contribution < 1.29 is 28.7 Å². The fourth-order valence-corrected chi connectivity index (χ4v) is 16.5. The zero-order valence-corrected chi connectivity index (χ0v) is 43.4. The maximum atomic E-state index is 14.9. The van der Waals surface area contributed by atoms with Crippen LogP contribution in [-0.2, 0) is 37.0 Å². The van der Waals surface area contributed by atoms with E-state index in [9.17, 15) is 19.2 Å². The van der Waals surface area contributed by atoms with Gasteiger partial charge in [-0.05, 0) is 163 Å². The quantitative estimate of drug-likeness (QED) is 0.211. The molecule has 6 aliphatic carbocycles. The van der Waals surface area contributed by atoms with Crippen LogP contribution in [0.1, 0.15) is 150 Å². The largest absolute Gasteiger partial charge is 0.462 e. The van der Waals surface area contributed by atoms with Crippen molar-refractivity contribution in [2.45, 2.75) is 164 Å². The van der Waals surface area contributed by atoms with Crippen molar-refractivity contribution in [3.8, 4) is 0 Å². The number of likely N-dealkylation sites (tertiary alicyclic amines) is 1. The number of fused-ring (bicyclic) bond motifs is 7. The molecule has 68 heavy (non-hydrogen) atoms. The third-order valence-electron chi connectivity index (χ3n) is 20.5. The number of allylic oxidation sites excluding steroid dienone is 1. The van der Waals surface area contributed by atoms with Crippen molar-refractivity contribution in [1.82, 2.24) is 15.1 Å². The van der Waals surface area contributed by atoms with E-state index in [0.29, 0.717) is 42.8 Å². The van der Waals surface area contributed by atoms with E-state index in [2.05, 4.69) is 58.7 Å². The Bertz CT molecular complexity index is 2290. The molecule has 370 valence electrons. The Morgan fingerprint density at radius 1 is 0.779 bits per heavy atom. The van der Waals surface area contributed by atoms with E-state index < -0.39 is 11.0 Å². The zero-order chi connectivity index (χ0) is 48.6. The van der Waals surface area contributed by atoms with Gasteiger partial charge in [0.05, 0.1) is 17.4 Å². The van der Waals surface area contributed by atoms with Gasteiger partial charge in [-0.15, -0.1) is 0 Å². The van der Waals surface area contributed by atoms with Gasteiger partial charge in [-0.1, -0.05) is 116 Å². The van der Waals surface area contributed by atoms with Crippen molar-refractivity contribution in [1.29, 1.82) is 0 Å². The average Bonchev–Trinajstić information content (AvgIpc) is 3.92. The van der Waals surface area contributed by atoms with Gasteiger partial charge in [-0.2, -0.15) is 0 Å². The van der Waals surface area contributed by atoms with Crippen LogP contribution in [0.15, 0.2) is 65.7 Å². The molecule has 0 aromatic heterocycles. The molecule has 0 bridgehead atoms. The SMILES string of the molecule is CC(C)C1=C2[C@H]3CC[C@@H]4[C@@]5(C)CC[C@H](OC(=O)[C@H]6C[C@@H](C(=O)OCc7ccccc7)C6(C)C)C(C)(C)[C@@H]5CC[C@@]4(C)[C@]3(C)CC[C@@]2(NC(=O)N(CCN2CCCC2)Cc2ccc(Cl)cc2)CC1=O. The van der Waals surface area contributed by atoms with Crippen LogP contribution < -0.4 is 5.32 Å². The van der Waals surface area contributed by atoms with Crippen LogP contribution in [0.4, 0.5) is 4.79 Å². The van der Waals surface area contributed by atoms with Crippen LogP contribution in [0.5, 0.6) is 0 Å². The third kappa shape index (κ3) is 8.27. The van der Waals surface area contributed by atoms with E-state index in [1.54, 1.807) is 0 Å². The summed E-state index contributed by atoms with van der Waals surface area (Å²) in [5.41, 5.74) is 2.77. The second kappa shape index (κ2) is 18.2. The van der Waals surface area contributed by atoms with Gasteiger partial charge in [0.1, 0.15) is 12.7 Å². The molecule has 10 atom stereocenters. The molecule has 0 radical (unpaired) electrons. The van der Waals surface area contributed by atoms with Crippen molar-refractivity contribution >= 4 is 35.4 Å². The van der Waals surface area contributed by atoms with E-state index in [1.165, 1.54) is 18.4 Å². The number of carbonyl (C=O) groups is 4. The molecule has 0 spiro atoms. The van der Waals surface area contributed by atoms with Gasteiger partial charge in [0, 0.05) is 36.5 Å². The minimum absolute atomic E-state index is 0.0219. The van der Waals surface area contributed by atoms with E-state index in [0.717, 1.165) is 87.7 Å². The minimum atomic E-state index is -0.685. The smallest absolute Gasteiger partial charge is 0.318 e. The lowest BCUT2D eigenvalue weighted by Crippen LogP contribution is -2.67. The van der Waals surface area contributed by atoms with E-state index >= 15 is 0 Å². The average molecular weight is 951 g/mol. The molecule has 1 saturated heterocycles. The molecule has 10 heteroatoms. The summed E-state index contributed by atoms with van der Waals surface area (Å²) in [6.07, 6.45) is 10.8. The number of nitrogens with one attached hydrogen (secondary N) is 1. The van der Waals surface area contributed by atoms with E-state index in [-0.39, 0.29) is 81.8 Å². The highest BCUT2D eigenvalue weighted by atomic mass is 35.5. The van der Waals surface area contributed by atoms with Gasteiger partial charge in [0.25, 0.3) is 0 Å². The fraction of sp³-hybridized carbons (Fsp3) is 0.690. The lowest BCUT2D eigenvalue weighted by atomic mass is 9.33. The van der Waals surface area contributed by atoms with Gasteiger partial charge in [0.2, 0.25) is 0 Å². The molecule has 5 saturated carbocycles. The van der Waals surface area contributed by atoms with Gasteiger partial charge in [0.15, 0.2) is 5.78 Å². The summed E-state index contributed by atoms with van der Waals surface area (Å²) in [4.78, 5) is 61.1. The molecule has 2 aromatic carbocycles. The molecule has 0 unspecified atom stereocenters. The number of benzene rings is 2. The minimum Gasteiger partial charge on any atom is -0.462 e. The molecule has 1 aliphatic heterocycles. The van der Waals surface area contributed by atoms with Crippen LogP contribution in [0, 0.1) is 62.6 Å². The van der Waals surface area contributed by atoms with Gasteiger partial charge in [-0.3, -0.25) is 14.4 Å². The molecule has 9 nitrogen and oxygen atoms in total. The van der Waals surface area contributed by atoms with Crippen LogP contribution in [0.3, 0.4) is 0 Å². The van der Waals surface area contributed by atoms with Gasteiger partial charge >= 0.3 is 18.0 Å². The summed E-state index contributed by atoms with van der Waals surface area (Å²) >= 11 is 6.29. The molecular formula is C58H80ClN3O6. The predicted octanol–water partition coefficient (Wildman–Crippen LogP) is 12.0. The normalized spacial score (nSPS) is 35.9. The molecule has 6 fully saturated rings. The number of nitrogens with zero attached hydrogens (tertiary/aromatic N) is 2. The standard InChI is InChI=1S/C58H80ClN3O6/c1-37(2)48-44(63)34-58(60-52(66)62(32-31-61-29-13-14-30-61)35-38-17-19-40(59)20-18-38)28-27-56(8)41(49(48)58)21-22-46-55(7)25-24-47(54(5,6)45(55)23-26-57(46,56)9)68-51(65)43-33-42(53(43,3)4)50(64)67-36-39-15-11-10-12-16-39/h10-12,15-20,37,41-43,45-47H,13-14,21-36H2,1-9H3,(H,60,66)/t41-,42+,43-,45+,46-,47+,55+,56-,57-,58-/m1/s1. The maximum absolute atomic E-state index is 14.9. The van der Waals surface area contributed by atoms with Crippen LogP contribution in [-0.4, -0.2) is 71.4 Å². The lowest BCUT2D eigenvalue weighted by molar-refractivity contribution is -0.235. The number of rotatable bonds is 12. The van der Waals surface area contributed by atoms with Crippen molar-refractivity contribution in [2.24, 2.45) is 62.6 Å². The molecule has 1 N–H and O–H groups in total. The second-order valence-electron chi connectivity index (χ2n) is 24.8. The first-order valence-corrected chi connectivity index (χ1v) is 26.7. The number of hydrogen-bond acceptors (Lipinski definition) is 7. The third-order valence-corrected chi connectivity index (χ3v) is 20.7. The van der Waals surface area contributed by atoms with Gasteiger partial charge < -0.3 is 24.6 Å². The zero-order valence-electron chi connectivity index (χ0n) is 42.7. The van der Waals surface area contributed by atoms with Crippen LogP contribution in [0.25, 0.3) is 0 Å². The summed E-state index contributed by atoms with van der Waals surface area (Å²) in [5, 5.41) is 4.35. The first-order chi connectivity index (χ1) is 32.1. The topological polar surface area (TPSA) is 105 Å². The number of amides is 2. The summed E-state index contributed by atoms with van der Waals surface area (Å²) in [7, 11) is 0.